The summed E-state index contributed by atoms with van der Waals surface area (Å²) in [5, 5.41) is 2.50. The van der Waals surface area contributed by atoms with Gasteiger partial charge in [0.2, 0.25) is 10.0 Å². The van der Waals surface area contributed by atoms with Gasteiger partial charge in [0.25, 0.3) is 5.91 Å². The van der Waals surface area contributed by atoms with Gasteiger partial charge in [-0.3, -0.25) is 9.79 Å². The van der Waals surface area contributed by atoms with E-state index in [9.17, 15) is 22.0 Å². The minimum absolute atomic E-state index is 0.0374. The number of rotatable bonds is 7. The molecular formula is C17H18F2N4O3S. The van der Waals surface area contributed by atoms with Crippen molar-refractivity contribution in [1.29, 1.82) is 0 Å². The van der Waals surface area contributed by atoms with Crippen LogP contribution in [0, 0.1) is 11.6 Å². The topological polar surface area (TPSA) is 101 Å². The molecular weight excluding hydrogens is 378 g/mol. The van der Waals surface area contributed by atoms with Crippen LogP contribution in [0.5, 0.6) is 0 Å². The third kappa shape index (κ3) is 4.92. The molecule has 0 radical (unpaired) electrons. The molecule has 2 rings (SSSR count). The summed E-state index contributed by atoms with van der Waals surface area (Å²) in [6.45, 7) is 4.79. The molecule has 0 aliphatic carbocycles. The van der Waals surface area contributed by atoms with E-state index in [1.807, 2.05) is 0 Å². The fourth-order valence-corrected chi connectivity index (χ4v) is 3.50. The van der Waals surface area contributed by atoms with Gasteiger partial charge < -0.3 is 5.32 Å². The first-order valence-corrected chi connectivity index (χ1v) is 9.37. The Bertz CT molecular complexity index is 965. The summed E-state index contributed by atoms with van der Waals surface area (Å²) in [6.07, 6.45) is 0.895. The first-order valence-electron chi connectivity index (χ1n) is 7.72. The van der Waals surface area contributed by atoms with Crippen molar-refractivity contribution in [1.82, 2.24) is 9.71 Å². The molecule has 1 heterocycles. The van der Waals surface area contributed by atoms with Crippen molar-refractivity contribution in [3.05, 3.63) is 59.4 Å². The quantitative estimate of drug-likeness (QED) is 0.700. The number of aliphatic imine (C=N–C) groups is 1. The summed E-state index contributed by atoms with van der Waals surface area (Å²) in [7, 11) is -2.48. The number of pyridine rings is 1. The molecule has 0 saturated heterocycles. The van der Waals surface area contributed by atoms with E-state index in [2.05, 4.69) is 26.7 Å². The molecule has 2 aromatic rings. The molecule has 0 fully saturated rings. The Balaban J connectivity index is 2.35. The Labute approximate surface area is 155 Å². The second-order valence-corrected chi connectivity index (χ2v) is 7.83. The lowest BCUT2D eigenvalue weighted by molar-refractivity contribution is 0.102. The average Bonchev–Trinajstić information content (AvgIpc) is 2.63. The van der Waals surface area contributed by atoms with Crippen LogP contribution < -0.4 is 10.0 Å². The Morgan fingerprint density at radius 1 is 1.30 bits per heavy atom. The van der Waals surface area contributed by atoms with Crippen molar-refractivity contribution in [2.45, 2.75) is 12.5 Å². The number of nitrogens with zero attached hydrogens (tertiary/aromatic N) is 2. The van der Waals surface area contributed by atoms with Gasteiger partial charge in [0, 0.05) is 11.3 Å². The van der Waals surface area contributed by atoms with Crippen LogP contribution in [0.15, 0.2) is 41.5 Å². The minimum atomic E-state index is -3.72. The highest BCUT2D eigenvalue weighted by molar-refractivity contribution is 7.89. The number of halogens is 2. The fraction of sp³-hybridized carbons (Fsp3) is 0.235. The molecule has 144 valence electrons. The van der Waals surface area contributed by atoms with E-state index in [4.69, 9.17) is 0 Å². The van der Waals surface area contributed by atoms with Gasteiger partial charge >= 0.3 is 0 Å². The molecule has 7 nitrogen and oxygen atoms in total. The highest BCUT2D eigenvalue weighted by Crippen LogP contribution is 2.31. The van der Waals surface area contributed by atoms with Gasteiger partial charge in [-0.15, -0.1) is 0 Å². The number of benzene rings is 1. The van der Waals surface area contributed by atoms with Crippen LogP contribution in [-0.4, -0.2) is 38.8 Å². The lowest BCUT2D eigenvalue weighted by atomic mass is 9.94. The second kappa shape index (κ2) is 7.89. The summed E-state index contributed by atoms with van der Waals surface area (Å²) in [4.78, 5) is 19.6. The van der Waals surface area contributed by atoms with Gasteiger partial charge in [0.15, 0.2) is 0 Å². The van der Waals surface area contributed by atoms with Crippen LogP contribution in [-0.2, 0) is 15.6 Å². The average molecular weight is 396 g/mol. The van der Waals surface area contributed by atoms with Gasteiger partial charge in [0.05, 0.1) is 11.9 Å². The summed E-state index contributed by atoms with van der Waals surface area (Å²) in [5.74, 6) is -2.46. The van der Waals surface area contributed by atoms with Crippen LogP contribution in [0.4, 0.5) is 14.5 Å². The molecule has 27 heavy (non-hydrogen) atoms. The van der Waals surface area contributed by atoms with Crippen molar-refractivity contribution in [2.24, 2.45) is 4.99 Å². The summed E-state index contributed by atoms with van der Waals surface area (Å²) < 4.78 is 53.2. The number of aromatic nitrogens is 1. The normalized spacial score (nSPS) is 13.6. The van der Waals surface area contributed by atoms with Crippen molar-refractivity contribution >= 4 is 28.3 Å². The third-order valence-corrected chi connectivity index (χ3v) is 5.46. The number of anilines is 1. The van der Waals surface area contributed by atoms with Crippen LogP contribution in [0.2, 0.25) is 0 Å². The number of carbonyl (C=O) groups excluding carboxylic acids is 1. The molecule has 10 heteroatoms. The first kappa shape index (κ1) is 20.6. The Kier molecular flexibility index (Phi) is 6.01. The highest BCUT2D eigenvalue weighted by atomic mass is 32.2. The summed E-state index contributed by atoms with van der Waals surface area (Å²) in [6, 6.07) is 5.94. The predicted molar refractivity (Wildman–Crippen MR) is 98.3 cm³/mol. The fourth-order valence-electron chi connectivity index (χ4n) is 2.37. The molecule has 0 spiro atoms. The monoisotopic (exact) mass is 396 g/mol. The van der Waals surface area contributed by atoms with E-state index in [1.165, 1.54) is 32.2 Å². The van der Waals surface area contributed by atoms with Crippen molar-refractivity contribution in [3.63, 3.8) is 0 Å². The minimum Gasteiger partial charge on any atom is -0.321 e. The second-order valence-electron chi connectivity index (χ2n) is 5.91. The Morgan fingerprint density at radius 3 is 2.56 bits per heavy atom. The molecule has 1 aromatic heterocycles. The molecule has 1 amide bonds. The lowest BCUT2D eigenvalue weighted by Gasteiger charge is -2.26. The van der Waals surface area contributed by atoms with Crippen LogP contribution in [0.1, 0.15) is 23.0 Å². The van der Waals surface area contributed by atoms with E-state index in [1.54, 1.807) is 0 Å². The number of hydrogen-bond acceptors (Lipinski definition) is 5. The van der Waals surface area contributed by atoms with E-state index in [-0.39, 0.29) is 16.9 Å². The van der Waals surface area contributed by atoms with Crippen molar-refractivity contribution < 1.29 is 22.0 Å². The number of hydrogen-bond donors (Lipinski definition) is 2. The molecule has 2 N–H and O–H groups in total. The van der Waals surface area contributed by atoms with Gasteiger partial charge in [-0.05, 0) is 51.0 Å². The largest absolute Gasteiger partial charge is 0.321 e. The molecule has 0 unspecified atom stereocenters. The molecule has 1 aromatic carbocycles. The van der Waals surface area contributed by atoms with Crippen LogP contribution >= 0.6 is 0 Å². The van der Waals surface area contributed by atoms with E-state index >= 15 is 0 Å². The number of amides is 1. The van der Waals surface area contributed by atoms with E-state index < -0.39 is 38.9 Å². The molecule has 0 saturated carbocycles. The zero-order valence-electron chi connectivity index (χ0n) is 14.7. The predicted octanol–water partition coefficient (Wildman–Crippen LogP) is 2.08. The lowest BCUT2D eigenvalue weighted by Crippen LogP contribution is -2.35. The molecule has 0 bridgehead atoms. The van der Waals surface area contributed by atoms with Crippen molar-refractivity contribution in [3.8, 4) is 0 Å². The number of nitrogens with one attached hydrogen (secondary N) is 2. The maximum atomic E-state index is 14.4. The highest BCUT2D eigenvalue weighted by Gasteiger charge is 2.33. The van der Waals surface area contributed by atoms with E-state index in [0.29, 0.717) is 0 Å². The molecule has 0 aliphatic heterocycles. The van der Waals surface area contributed by atoms with Gasteiger partial charge in [-0.25, -0.2) is 26.9 Å². The smallest absolute Gasteiger partial charge is 0.274 e. The van der Waals surface area contributed by atoms with Gasteiger partial charge in [-0.2, -0.15) is 0 Å². The van der Waals surface area contributed by atoms with E-state index in [0.717, 1.165) is 18.3 Å². The maximum absolute atomic E-state index is 14.4. The number of carbonyl (C=O) groups is 1. The Hall–Kier alpha value is -2.72. The standard InChI is InChI=1S/C17H18F2N4O3S/c1-17(20-2,10-27(25,26)21-3)13-8-12(5-6-14(13)19)23-16(24)15-7-4-11(18)9-22-15/h4-9,21H,2,10H2,1,3H3,(H,23,24)/t17-/m0/s1. The van der Waals surface area contributed by atoms with Crippen LogP contribution in [0.25, 0.3) is 0 Å². The van der Waals surface area contributed by atoms with Crippen LogP contribution in [0.3, 0.4) is 0 Å². The first-order chi connectivity index (χ1) is 12.6. The zero-order chi connectivity index (χ0) is 20.2. The molecule has 1 atom stereocenters. The zero-order valence-corrected chi connectivity index (χ0v) is 15.5. The maximum Gasteiger partial charge on any atom is 0.274 e. The number of sulfonamides is 1. The molecule has 0 aliphatic rings. The SMILES string of the molecule is C=N[C@@](C)(CS(=O)(=O)NC)c1cc(NC(=O)c2ccc(F)cn2)ccc1F. The van der Waals surface area contributed by atoms with Gasteiger partial charge in [0.1, 0.15) is 22.9 Å². The third-order valence-electron chi connectivity index (χ3n) is 3.90. The summed E-state index contributed by atoms with van der Waals surface area (Å²) >= 11 is 0. The van der Waals surface area contributed by atoms with Gasteiger partial charge in [-0.1, -0.05) is 0 Å². The Morgan fingerprint density at radius 2 is 2.00 bits per heavy atom. The summed E-state index contributed by atoms with van der Waals surface area (Å²) in [5.41, 5.74) is -1.38. The van der Waals surface area contributed by atoms with Crippen molar-refractivity contribution in [2.75, 3.05) is 18.1 Å².